The molecule has 0 fully saturated rings. The van der Waals surface area contributed by atoms with Crippen molar-refractivity contribution in [3.05, 3.63) is 23.8 Å². The number of benzene rings is 1. The molecular weight excluding hydrogens is 338 g/mol. The van der Waals surface area contributed by atoms with Gasteiger partial charge in [-0.1, -0.05) is 27.2 Å². The van der Waals surface area contributed by atoms with Crippen molar-refractivity contribution in [2.45, 2.75) is 51.9 Å². The fourth-order valence-corrected chi connectivity index (χ4v) is 3.97. The van der Waals surface area contributed by atoms with Gasteiger partial charge in [-0.15, -0.1) is 4.40 Å². The first-order chi connectivity index (χ1) is 11.8. The standard InChI is InChI=1S/C18H27N3O3S/c1-5-6-11-21-14(4)20-25(23,24)17-12-15(7-8-16(17)21)18(22)19-10-9-13(2)3/h7-8,12-13H,5-6,9-11H2,1-4H3,(H,19,22). The van der Waals surface area contributed by atoms with Crippen molar-refractivity contribution in [2.24, 2.45) is 10.3 Å². The normalized spacial score (nSPS) is 15.7. The topological polar surface area (TPSA) is 78.8 Å². The SMILES string of the molecule is CCCCN1C(C)=NS(=O)(=O)c2cc(C(=O)NCCC(C)C)ccc21. The number of nitrogens with one attached hydrogen (secondary N) is 1. The molecule has 2 rings (SSSR count). The van der Waals surface area contributed by atoms with Crippen LogP contribution in [0.1, 0.15) is 57.3 Å². The quantitative estimate of drug-likeness (QED) is 0.805. The minimum atomic E-state index is -3.77. The molecule has 1 heterocycles. The molecule has 0 saturated heterocycles. The summed E-state index contributed by atoms with van der Waals surface area (Å²) >= 11 is 0. The van der Waals surface area contributed by atoms with Gasteiger partial charge in [-0.3, -0.25) is 4.79 Å². The lowest BCUT2D eigenvalue weighted by Crippen LogP contribution is -2.35. The zero-order chi connectivity index (χ0) is 18.6. The molecule has 7 heteroatoms. The molecule has 0 aromatic heterocycles. The molecule has 1 aromatic rings. The smallest absolute Gasteiger partial charge is 0.286 e. The van der Waals surface area contributed by atoms with Gasteiger partial charge in [0, 0.05) is 18.7 Å². The maximum Gasteiger partial charge on any atom is 0.286 e. The third-order valence-electron chi connectivity index (χ3n) is 4.18. The van der Waals surface area contributed by atoms with Crippen molar-refractivity contribution in [2.75, 3.05) is 18.0 Å². The molecule has 0 aliphatic carbocycles. The zero-order valence-corrected chi connectivity index (χ0v) is 16.2. The Kier molecular flexibility index (Phi) is 6.21. The number of hydrogen-bond acceptors (Lipinski definition) is 4. The van der Waals surface area contributed by atoms with E-state index in [0.717, 1.165) is 19.3 Å². The molecular formula is C18H27N3O3S. The molecule has 0 saturated carbocycles. The van der Waals surface area contributed by atoms with E-state index < -0.39 is 10.0 Å². The Morgan fingerprint density at radius 3 is 2.68 bits per heavy atom. The monoisotopic (exact) mass is 365 g/mol. The Morgan fingerprint density at radius 1 is 1.32 bits per heavy atom. The van der Waals surface area contributed by atoms with Gasteiger partial charge in [0.05, 0.1) is 5.69 Å². The van der Waals surface area contributed by atoms with Crippen LogP contribution in [0.4, 0.5) is 5.69 Å². The summed E-state index contributed by atoms with van der Waals surface area (Å²) in [5.74, 6) is 0.703. The van der Waals surface area contributed by atoms with Gasteiger partial charge in [0.25, 0.3) is 15.9 Å². The Bertz CT molecular complexity index is 770. The van der Waals surface area contributed by atoms with E-state index in [0.29, 0.717) is 36.1 Å². The van der Waals surface area contributed by atoms with Crippen molar-refractivity contribution < 1.29 is 13.2 Å². The Balaban J connectivity index is 2.30. The third kappa shape index (κ3) is 4.60. The van der Waals surface area contributed by atoms with E-state index in [1.165, 1.54) is 6.07 Å². The molecule has 0 bridgehead atoms. The summed E-state index contributed by atoms with van der Waals surface area (Å²) in [7, 11) is -3.77. The maximum atomic E-state index is 12.4. The van der Waals surface area contributed by atoms with Gasteiger partial charge in [-0.2, -0.15) is 8.42 Å². The van der Waals surface area contributed by atoms with E-state index in [-0.39, 0.29) is 10.8 Å². The number of fused-ring (bicyclic) bond motifs is 1. The molecule has 1 aromatic carbocycles. The number of amides is 1. The average Bonchev–Trinajstić information content (AvgIpc) is 2.53. The van der Waals surface area contributed by atoms with Gasteiger partial charge < -0.3 is 10.2 Å². The summed E-state index contributed by atoms with van der Waals surface area (Å²) in [6.07, 6.45) is 2.81. The first-order valence-corrected chi connectivity index (χ1v) is 10.2. The minimum Gasteiger partial charge on any atom is -0.352 e. The van der Waals surface area contributed by atoms with Crippen LogP contribution < -0.4 is 10.2 Å². The van der Waals surface area contributed by atoms with Gasteiger partial charge in [0.15, 0.2) is 0 Å². The van der Waals surface area contributed by atoms with E-state index in [1.807, 2.05) is 4.90 Å². The molecule has 6 nitrogen and oxygen atoms in total. The van der Waals surface area contributed by atoms with Crippen molar-refractivity contribution in [3.8, 4) is 0 Å². The number of anilines is 1. The third-order valence-corrected chi connectivity index (χ3v) is 5.56. The predicted octanol–water partition coefficient (Wildman–Crippen LogP) is 3.19. The highest BCUT2D eigenvalue weighted by molar-refractivity contribution is 7.90. The summed E-state index contributed by atoms with van der Waals surface area (Å²) in [5.41, 5.74) is 0.941. The zero-order valence-electron chi connectivity index (χ0n) is 15.4. The van der Waals surface area contributed by atoms with Crippen molar-refractivity contribution in [1.82, 2.24) is 5.32 Å². The molecule has 0 unspecified atom stereocenters. The van der Waals surface area contributed by atoms with Crippen LogP contribution in [0, 0.1) is 5.92 Å². The molecule has 0 atom stereocenters. The predicted molar refractivity (Wildman–Crippen MR) is 101 cm³/mol. The number of unbranched alkanes of at least 4 members (excludes halogenated alkanes) is 1. The molecule has 0 spiro atoms. The van der Waals surface area contributed by atoms with Crippen LogP contribution in [-0.2, 0) is 10.0 Å². The van der Waals surface area contributed by atoms with Crippen LogP contribution >= 0.6 is 0 Å². The number of carbonyl (C=O) groups excluding carboxylic acids is 1. The lowest BCUT2D eigenvalue weighted by Gasteiger charge is -2.29. The van der Waals surface area contributed by atoms with Crippen LogP contribution in [0.25, 0.3) is 0 Å². The van der Waals surface area contributed by atoms with Crippen LogP contribution in [0.5, 0.6) is 0 Å². The summed E-state index contributed by atoms with van der Waals surface area (Å²) in [4.78, 5) is 14.3. The van der Waals surface area contributed by atoms with Gasteiger partial charge in [0.1, 0.15) is 10.7 Å². The molecule has 0 radical (unpaired) electrons. The minimum absolute atomic E-state index is 0.103. The first kappa shape index (κ1) is 19.4. The summed E-state index contributed by atoms with van der Waals surface area (Å²) in [6.45, 7) is 9.22. The summed E-state index contributed by atoms with van der Waals surface area (Å²) < 4.78 is 28.7. The number of hydrogen-bond donors (Lipinski definition) is 1. The van der Waals surface area contributed by atoms with E-state index in [2.05, 4.69) is 30.5 Å². The van der Waals surface area contributed by atoms with Crippen molar-refractivity contribution in [3.63, 3.8) is 0 Å². The second-order valence-electron chi connectivity index (χ2n) is 6.74. The van der Waals surface area contributed by atoms with Crippen molar-refractivity contribution >= 4 is 27.5 Å². The highest BCUT2D eigenvalue weighted by atomic mass is 32.2. The molecule has 1 aliphatic rings. The first-order valence-electron chi connectivity index (χ1n) is 8.77. The number of nitrogens with zero attached hydrogens (tertiary/aromatic N) is 2. The lowest BCUT2D eigenvalue weighted by molar-refractivity contribution is 0.0952. The number of amidine groups is 1. The van der Waals surface area contributed by atoms with Gasteiger partial charge in [-0.05, 0) is 43.9 Å². The second-order valence-corrected chi connectivity index (χ2v) is 8.31. The van der Waals surface area contributed by atoms with E-state index in [9.17, 15) is 13.2 Å². The van der Waals surface area contributed by atoms with E-state index in [1.54, 1.807) is 19.1 Å². The summed E-state index contributed by atoms with van der Waals surface area (Å²) in [5, 5.41) is 2.84. The van der Waals surface area contributed by atoms with Crippen molar-refractivity contribution in [1.29, 1.82) is 0 Å². The van der Waals surface area contributed by atoms with Crippen LogP contribution in [0.15, 0.2) is 27.5 Å². The largest absolute Gasteiger partial charge is 0.352 e. The van der Waals surface area contributed by atoms with Gasteiger partial charge in [-0.25, -0.2) is 0 Å². The Hall–Kier alpha value is -1.89. The average molecular weight is 365 g/mol. The fraction of sp³-hybridized carbons (Fsp3) is 0.556. The highest BCUT2D eigenvalue weighted by Crippen LogP contribution is 2.32. The Morgan fingerprint density at radius 2 is 2.04 bits per heavy atom. The fourth-order valence-electron chi connectivity index (χ4n) is 2.71. The molecule has 1 N–H and O–H groups in total. The highest BCUT2D eigenvalue weighted by Gasteiger charge is 2.29. The number of sulfonamides is 1. The van der Waals surface area contributed by atoms with Crippen LogP contribution in [0.2, 0.25) is 0 Å². The van der Waals surface area contributed by atoms with E-state index >= 15 is 0 Å². The molecule has 25 heavy (non-hydrogen) atoms. The number of rotatable bonds is 7. The van der Waals surface area contributed by atoms with Gasteiger partial charge >= 0.3 is 0 Å². The Labute approximate surface area is 150 Å². The maximum absolute atomic E-state index is 12.4. The lowest BCUT2D eigenvalue weighted by atomic mass is 10.1. The number of carbonyl (C=O) groups is 1. The van der Waals surface area contributed by atoms with Crippen LogP contribution in [-0.4, -0.2) is 33.3 Å². The molecule has 1 amide bonds. The van der Waals surface area contributed by atoms with E-state index in [4.69, 9.17) is 0 Å². The molecule has 138 valence electrons. The second kappa shape index (κ2) is 7.99. The van der Waals surface area contributed by atoms with Crippen LogP contribution in [0.3, 0.4) is 0 Å². The molecule has 1 aliphatic heterocycles. The summed E-state index contributed by atoms with van der Waals surface area (Å²) in [6, 6.07) is 4.82. The van der Waals surface area contributed by atoms with Gasteiger partial charge in [0.2, 0.25) is 0 Å².